The summed E-state index contributed by atoms with van der Waals surface area (Å²) in [6, 6.07) is 11.7. The van der Waals surface area contributed by atoms with E-state index in [4.69, 9.17) is 5.14 Å². The molecule has 0 spiro atoms. The Balaban J connectivity index is 1.66. The van der Waals surface area contributed by atoms with Crippen LogP contribution < -0.4 is 15.2 Å². The van der Waals surface area contributed by atoms with Crippen LogP contribution in [0.3, 0.4) is 0 Å². The highest BCUT2D eigenvalue weighted by Crippen LogP contribution is 2.23. The van der Waals surface area contributed by atoms with E-state index in [2.05, 4.69) is 10.0 Å². The zero-order chi connectivity index (χ0) is 19.7. The number of nitrogens with one attached hydrogen (secondary N) is 2. The van der Waals surface area contributed by atoms with Crippen LogP contribution in [-0.2, 0) is 31.3 Å². The molecule has 0 radical (unpaired) electrons. The quantitative estimate of drug-likeness (QED) is 0.626. The van der Waals surface area contributed by atoms with E-state index in [1.165, 1.54) is 36.4 Å². The maximum absolute atomic E-state index is 12.2. The zero-order valence-electron chi connectivity index (χ0n) is 14.3. The molecule has 0 heterocycles. The highest BCUT2D eigenvalue weighted by Gasteiger charge is 2.28. The number of hydrogen-bond donors (Lipinski definition) is 3. The van der Waals surface area contributed by atoms with E-state index in [0.717, 1.165) is 12.8 Å². The Kier molecular flexibility index (Phi) is 5.33. The number of benzene rings is 2. The summed E-state index contributed by atoms with van der Waals surface area (Å²) >= 11 is 0. The van der Waals surface area contributed by atoms with Crippen molar-refractivity contribution in [2.75, 3.05) is 5.32 Å². The van der Waals surface area contributed by atoms with Crippen LogP contribution in [0.5, 0.6) is 0 Å². The largest absolute Gasteiger partial charge is 0.326 e. The smallest absolute Gasteiger partial charge is 0.240 e. The molecule has 2 aromatic rings. The summed E-state index contributed by atoms with van der Waals surface area (Å²) in [5.74, 6) is -0.358. The number of carbonyl (C=O) groups is 1. The lowest BCUT2D eigenvalue weighted by atomic mass is 10.1. The van der Waals surface area contributed by atoms with Gasteiger partial charge in [-0.15, -0.1) is 0 Å². The summed E-state index contributed by atoms with van der Waals surface area (Å²) in [4.78, 5) is 12.2. The normalized spacial score (nSPS) is 14.7. The van der Waals surface area contributed by atoms with Crippen LogP contribution >= 0.6 is 0 Å². The molecule has 0 atom stereocenters. The molecule has 1 saturated carbocycles. The minimum atomic E-state index is -3.78. The first-order valence-electron chi connectivity index (χ1n) is 8.17. The summed E-state index contributed by atoms with van der Waals surface area (Å²) < 4.78 is 49.5. The van der Waals surface area contributed by atoms with Crippen LogP contribution in [0.1, 0.15) is 18.4 Å². The van der Waals surface area contributed by atoms with Gasteiger partial charge in [0.25, 0.3) is 0 Å². The van der Waals surface area contributed by atoms with Crippen molar-refractivity contribution in [2.24, 2.45) is 5.14 Å². The van der Waals surface area contributed by atoms with Crippen molar-refractivity contribution >= 4 is 31.6 Å². The van der Waals surface area contributed by atoms with Crippen LogP contribution in [0.25, 0.3) is 0 Å². The van der Waals surface area contributed by atoms with Gasteiger partial charge in [0.1, 0.15) is 0 Å². The van der Waals surface area contributed by atoms with Crippen molar-refractivity contribution in [3.05, 3.63) is 54.1 Å². The first-order valence-corrected chi connectivity index (χ1v) is 11.2. The van der Waals surface area contributed by atoms with E-state index in [9.17, 15) is 21.6 Å². The molecular formula is C17H19N3O5S2. The van der Waals surface area contributed by atoms with Crippen LogP contribution in [0.2, 0.25) is 0 Å². The lowest BCUT2D eigenvalue weighted by Gasteiger charge is -2.09. The maximum Gasteiger partial charge on any atom is 0.240 e. The second-order valence-electron chi connectivity index (χ2n) is 6.34. The summed E-state index contributed by atoms with van der Waals surface area (Å²) in [6.45, 7) is 0. The van der Waals surface area contributed by atoms with Crippen LogP contribution in [0, 0.1) is 0 Å². The standard InChI is InChI=1S/C17H19N3O5S2/c18-26(22,23)15-8-4-12(5-9-15)10-17(21)19-14-2-1-3-16(11-14)27(24,25)20-13-6-7-13/h1-5,8-9,11,13,20H,6-7,10H2,(H,19,21)(H2,18,22,23). The Hall–Kier alpha value is -2.27. The number of sulfonamides is 2. The molecule has 1 amide bonds. The average Bonchev–Trinajstić information content (AvgIpc) is 3.38. The Morgan fingerprint density at radius 1 is 1.00 bits per heavy atom. The molecule has 144 valence electrons. The number of hydrogen-bond acceptors (Lipinski definition) is 5. The minimum Gasteiger partial charge on any atom is -0.326 e. The lowest BCUT2D eigenvalue weighted by Crippen LogP contribution is -2.25. The molecule has 1 aliphatic rings. The highest BCUT2D eigenvalue weighted by molar-refractivity contribution is 7.89. The van der Waals surface area contributed by atoms with Crippen LogP contribution in [0.4, 0.5) is 5.69 Å². The second kappa shape index (κ2) is 7.39. The summed E-state index contributed by atoms with van der Waals surface area (Å²) in [5.41, 5.74) is 0.957. The van der Waals surface area contributed by atoms with E-state index in [1.807, 2.05) is 0 Å². The summed E-state index contributed by atoms with van der Waals surface area (Å²) in [7, 11) is -7.39. The fraction of sp³-hybridized carbons (Fsp3) is 0.235. The molecule has 1 fully saturated rings. The third-order valence-corrected chi connectivity index (χ3v) is 6.39. The predicted molar refractivity (Wildman–Crippen MR) is 99.9 cm³/mol. The first-order chi connectivity index (χ1) is 12.6. The number of carbonyl (C=O) groups excluding carboxylic acids is 1. The van der Waals surface area contributed by atoms with Gasteiger partial charge in [-0.1, -0.05) is 18.2 Å². The van der Waals surface area contributed by atoms with E-state index in [0.29, 0.717) is 11.3 Å². The molecular weight excluding hydrogens is 390 g/mol. The molecule has 0 aromatic heterocycles. The van der Waals surface area contributed by atoms with E-state index in [-0.39, 0.29) is 28.2 Å². The van der Waals surface area contributed by atoms with Gasteiger partial charge in [-0.25, -0.2) is 26.7 Å². The van der Waals surface area contributed by atoms with Crippen LogP contribution in [-0.4, -0.2) is 28.8 Å². The van der Waals surface area contributed by atoms with Gasteiger partial charge in [-0.3, -0.25) is 4.79 Å². The van der Waals surface area contributed by atoms with Crippen molar-refractivity contribution in [3.8, 4) is 0 Å². The predicted octanol–water partition coefficient (Wildman–Crippen LogP) is 0.956. The molecule has 1 aliphatic carbocycles. The zero-order valence-corrected chi connectivity index (χ0v) is 15.9. The third-order valence-electron chi connectivity index (χ3n) is 3.94. The summed E-state index contributed by atoms with van der Waals surface area (Å²) in [5, 5.41) is 7.67. The molecule has 27 heavy (non-hydrogen) atoms. The minimum absolute atomic E-state index is 0.00218. The van der Waals surface area contributed by atoms with Gasteiger partial charge in [0.05, 0.1) is 16.2 Å². The Labute approximate surface area is 157 Å². The maximum atomic E-state index is 12.2. The van der Waals surface area contributed by atoms with Gasteiger partial charge in [-0.2, -0.15) is 0 Å². The lowest BCUT2D eigenvalue weighted by molar-refractivity contribution is -0.115. The highest BCUT2D eigenvalue weighted by atomic mass is 32.2. The van der Waals surface area contributed by atoms with Crippen LogP contribution in [0.15, 0.2) is 58.3 Å². The Morgan fingerprint density at radius 2 is 1.67 bits per heavy atom. The number of rotatable bonds is 7. The van der Waals surface area contributed by atoms with Crippen molar-refractivity contribution in [3.63, 3.8) is 0 Å². The van der Waals surface area contributed by atoms with E-state index in [1.54, 1.807) is 12.1 Å². The third kappa shape index (κ3) is 5.36. The Bertz CT molecular complexity index is 1060. The molecule has 0 unspecified atom stereocenters. The molecule has 8 nitrogen and oxygen atoms in total. The van der Waals surface area contributed by atoms with Gasteiger partial charge >= 0.3 is 0 Å². The Morgan fingerprint density at radius 3 is 2.26 bits per heavy atom. The van der Waals surface area contributed by atoms with E-state index < -0.39 is 20.0 Å². The number of nitrogens with two attached hydrogens (primary N) is 1. The summed E-state index contributed by atoms with van der Waals surface area (Å²) in [6.07, 6.45) is 1.67. The van der Waals surface area contributed by atoms with Gasteiger partial charge in [0, 0.05) is 11.7 Å². The van der Waals surface area contributed by atoms with Gasteiger partial charge in [0.15, 0.2) is 0 Å². The van der Waals surface area contributed by atoms with Crippen molar-refractivity contribution in [1.82, 2.24) is 4.72 Å². The fourth-order valence-corrected chi connectivity index (χ4v) is 4.28. The number of anilines is 1. The first kappa shape index (κ1) is 19.5. The molecule has 10 heteroatoms. The molecule has 3 rings (SSSR count). The van der Waals surface area contributed by atoms with E-state index >= 15 is 0 Å². The average molecular weight is 409 g/mol. The van der Waals surface area contributed by atoms with Crippen molar-refractivity contribution in [2.45, 2.75) is 35.1 Å². The fourth-order valence-electron chi connectivity index (χ4n) is 2.42. The topological polar surface area (TPSA) is 135 Å². The molecule has 0 saturated heterocycles. The molecule has 2 aromatic carbocycles. The number of amides is 1. The second-order valence-corrected chi connectivity index (χ2v) is 9.61. The number of primary sulfonamides is 1. The van der Waals surface area contributed by atoms with Gasteiger partial charge < -0.3 is 5.32 Å². The van der Waals surface area contributed by atoms with Gasteiger partial charge in [0.2, 0.25) is 26.0 Å². The van der Waals surface area contributed by atoms with Crippen molar-refractivity contribution in [1.29, 1.82) is 0 Å². The van der Waals surface area contributed by atoms with Gasteiger partial charge in [-0.05, 0) is 48.7 Å². The SMILES string of the molecule is NS(=O)(=O)c1ccc(CC(=O)Nc2cccc(S(=O)(=O)NC3CC3)c2)cc1. The molecule has 4 N–H and O–H groups in total. The monoisotopic (exact) mass is 409 g/mol. The molecule has 0 bridgehead atoms. The molecule has 0 aliphatic heterocycles. The van der Waals surface area contributed by atoms with Crippen molar-refractivity contribution < 1.29 is 21.6 Å².